The Balaban J connectivity index is 1.53. The van der Waals surface area contributed by atoms with Gasteiger partial charge in [-0.15, -0.1) is 0 Å². The Bertz CT molecular complexity index is 1080. The van der Waals surface area contributed by atoms with Crippen molar-refractivity contribution in [2.45, 2.75) is 30.8 Å². The smallest absolute Gasteiger partial charge is 0.131 e. The van der Waals surface area contributed by atoms with E-state index in [1.165, 1.54) is 12.0 Å². The van der Waals surface area contributed by atoms with Crippen molar-refractivity contribution < 1.29 is 9.11 Å². The van der Waals surface area contributed by atoms with Crippen molar-refractivity contribution in [1.29, 1.82) is 0 Å². The Labute approximate surface area is 178 Å². The quantitative estimate of drug-likeness (QED) is 0.496. The molecule has 2 aliphatic heterocycles. The average molecular weight is 425 g/mol. The van der Waals surface area contributed by atoms with Crippen LogP contribution in [0.5, 0.6) is 0 Å². The van der Waals surface area contributed by atoms with Crippen LogP contribution in [0.1, 0.15) is 17.5 Å². The fourth-order valence-electron chi connectivity index (χ4n) is 4.17. The minimum Gasteiger partial charge on any atom is -0.383 e. The van der Waals surface area contributed by atoms with Gasteiger partial charge in [0.05, 0.1) is 16.2 Å². The monoisotopic (exact) mass is 424 g/mol. The van der Waals surface area contributed by atoms with Gasteiger partial charge in [0.25, 0.3) is 0 Å². The standard InChI is InChI=1S/C23H28N4O2S/c1-16-6-7-20-19(12-16)21(25-14-18-8-9-24-18)13-23(26-20)27-10-11-30(28,29)22-5-3-2-4-17(22)15-27/h2-7,12-13,18,24,28-29H,8-11,14-15H2,1H3,(H,25,26). The summed E-state index contributed by atoms with van der Waals surface area (Å²) in [6, 6.07) is 16.6. The van der Waals surface area contributed by atoms with Crippen molar-refractivity contribution in [2.24, 2.45) is 0 Å². The molecular weight excluding hydrogens is 396 g/mol. The van der Waals surface area contributed by atoms with Crippen LogP contribution >= 0.6 is 10.6 Å². The third-order valence-corrected chi connectivity index (χ3v) is 7.93. The molecule has 1 atom stereocenters. The van der Waals surface area contributed by atoms with E-state index >= 15 is 0 Å². The van der Waals surface area contributed by atoms with Crippen molar-refractivity contribution in [1.82, 2.24) is 10.3 Å². The zero-order valence-electron chi connectivity index (χ0n) is 17.1. The second-order valence-corrected chi connectivity index (χ2v) is 10.5. The average Bonchev–Trinajstić information content (AvgIpc) is 2.83. The van der Waals surface area contributed by atoms with E-state index < -0.39 is 10.6 Å². The van der Waals surface area contributed by atoms with Gasteiger partial charge in [0.2, 0.25) is 0 Å². The molecule has 1 aromatic heterocycles. The summed E-state index contributed by atoms with van der Waals surface area (Å²) in [4.78, 5) is 7.76. The van der Waals surface area contributed by atoms with Crippen molar-refractivity contribution in [3.05, 3.63) is 59.7 Å². The first-order valence-electron chi connectivity index (χ1n) is 10.5. The number of benzene rings is 2. The van der Waals surface area contributed by atoms with E-state index in [1.54, 1.807) is 0 Å². The maximum absolute atomic E-state index is 10.7. The van der Waals surface area contributed by atoms with Gasteiger partial charge in [0.1, 0.15) is 5.82 Å². The molecule has 3 heterocycles. The molecule has 30 heavy (non-hydrogen) atoms. The Morgan fingerprint density at radius 3 is 2.83 bits per heavy atom. The van der Waals surface area contributed by atoms with Crippen molar-refractivity contribution in [2.75, 3.05) is 35.6 Å². The number of hydrogen-bond donors (Lipinski definition) is 4. The van der Waals surface area contributed by atoms with Crippen LogP contribution in [0, 0.1) is 6.92 Å². The van der Waals surface area contributed by atoms with Gasteiger partial charge >= 0.3 is 0 Å². The molecule has 0 spiro atoms. The van der Waals surface area contributed by atoms with Crippen LogP contribution in [0.15, 0.2) is 53.4 Å². The Hall–Kier alpha value is -2.32. The lowest BCUT2D eigenvalue weighted by Crippen LogP contribution is -2.47. The van der Waals surface area contributed by atoms with Gasteiger partial charge in [-0.2, -0.15) is 10.6 Å². The van der Waals surface area contributed by atoms with Crippen LogP contribution in [0.25, 0.3) is 10.9 Å². The van der Waals surface area contributed by atoms with Gasteiger partial charge in [-0.05, 0) is 43.7 Å². The molecule has 1 fully saturated rings. The van der Waals surface area contributed by atoms with Gasteiger partial charge in [0.15, 0.2) is 0 Å². The molecule has 2 aromatic carbocycles. The molecular formula is C23H28N4O2S. The second kappa shape index (κ2) is 7.74. The zero-order valence-corrected chi connectivity index (χ0v) is 18.0. The van der Waals surface area contributed by atoms with E-state index in [0.29, 0.717) is 29.8 Å². The maximum atomic E-state index is 10.7. The lowest BCUT2D eigenvalue weighted by Gasteiger charge is -2.32. The third-order valence-electron chi connectivity index (χ3n) is 6.07. The summed E-state index contributed by atoms with van der Waals surface area (Å²) in [6.45, 7) is 5.23. The number of anilines is 2. The van der Waals surface area contributed by atoms with Crippen LogP contribution < -0.4 is 15.5 Å². The molecule has 0 amide bonds. The molecule has 7 heteroatoms. The van der Waals surface area contributed by atoms with Crippen LogP contribution in [-0.2, 0) is 6.54 Å². The van der Waals surface area contributed by atoms with Crippen LogP contribution in [0.3, 0.4) is 0 Å². The Morgan fingerprint density at radius 2 is 2.03 bits per heavy atom. The van der Waals surface area contributed by atoms with Gasteiger partial charge in [-0.1, -0.05) is 29.8 Å². The highest BCUT2D eigenvalue weighted by Gasteiger charge is 2.26. The van der Waals surface area contributed by atoms with Gasteiger partial charge in [0, 0.05) is 42.8 Å². The van der Waals surface area contributed by atoms with Crippen molar-refractivity contribution in [3.63, 3.8) is 0 Å². The van der Waals surface area contributed by atoms with Gasteiger partial charge in [-0.25, -0.2) is 4.98 Å². The molecule has 0 aliphatic carbocycles. The van der Waals surface area contributed by atoms with E-state index in [-0.39, 0.29) is 0 Å². The first-order chi connectivity index (χ1) is 14.5. The molecule has 1 saturated heterocycles. The molecule has 1 unspecified atom stereocenters. The number of aryl methyl sites for hydroxylation is 1. The molecule has 2 aliphatic rings. The van der Waals surface area contributed by atoms with Gasteiger partial charge < -0.3 is 15.5 Å². The van der Waals surface area contributed by atoms with E-state index in [1.807, 2.05) is 24.3 Å². The highest BCUT2D eigenvalue weighted by molar-refractivity contribution is 8.24. The number of nitrogens with zero attached hydrogens (tertiary/aromatic N) is 2. The van der Waals surface area contributed by atoms with E-state index in [9.17, 15) is 9.11 Å². The first-order valence-corrected chi connectivity index (χ1v) is 12.2. The Kier molecular flexibility index (Phi) is 5.06. The highest BCUT2D eigenvalue weighted by Crippen LogP contribution is 2.51. The molecule has 0 bridgehead atoms. The lowest BCUT2D eigenvalue weighted by atomic mass is 10.1. The van der Waals surface area contributed by atoms with Crippen LogP contribution in [-0.4, -0.2) is 45.5 Å². The zero-order chi connectivity index (χ0) is 20.7. The number of pyridine rings is 1. The molecule has 5 rings (SSSR count). The summed E-state index contributed by atoms with van der Waals surface area (Å²) in [5, 5.41) is 8.19. The number of nitrogens with one attached hydrogen (secondary N) is 2. The normalized spacial score (nSPS) is 21.4. The summed E-state index contributed by atoms with van der Waals surface area (Å²) in [5.74, 6) is 1.18. The summed E-state index contributed by atoms with van der Waals surface area (Å²) in [7, 11) is -2.79. The number of fused-ring (bicyclic) bond motifs is 2. The molecule has 0 saturated carbocycles. The molecule has 4 N–H and O–H groups in total. The van der Waals surface area contributed by atoms with Crippen molar-refractivity contribution >= 4 is 33.0 Å². The van der Waals surface area contributed by atoms with Crippen LogP contribution in [0.4, 0.5) is 11.5 Å². The summed E-state index contributed by atoms with van der Waals surface area (Å²) in [6.07, 6.45) is 1.20. The van der Waals surface area contributed by atoms with Crippen molar-refractivity contribution in [3.8, 4) is 0 Å². The maximum Gasteiger partial charge on any atom is 0.131 e. The fraction of sp³-hybridized carbons (Fsp3) is 0.348. The summed E-state index contributed by atoms with van der Waals surface area (Å²) >= 11 is 0. The molecule has 0 radical (unpaired) electrons. The van der Waals surface area contributed by atoms with E-state index in [4.69, 9.17) is 4.98 Å². The fourth-order valence-corrected chi connectivity index (χ4v) is 5.71. The number of rotatable bonds is 4. The van der Waals surface area contributed by atoms with E-state index in [2.05, 4.69) is 46.7 Å². The predicted molar refractivity (Wildman–Crippen MR) is 125 cm³/mol. The Morgan fingerprint density at radius 1 is 1.20 bits per heavy atom. The first kappa shape index (κ1) is 19.6. The SMILES string of the molecule is Cc1ccc2nc(N3CCS(O)(O)c4ccccc4C3)cc(NCC3CCN3)c2c1. The minimum atomic E-state index is -2.79. The van der Waals surface area contributed by atoms with Crippen LogP contribution in [0.2, 0.25) is 0 Å². The summed E-state index contributed by atoms with van der Waals surface area (Å²) in [5.41, 5.74) is 4.19. The highest BCUT2D eigenvalue weighted by atomic mass is 32.3. The molecule has 3 aromatic rings. The minimum absolute atomic E-state index is 0.312. The summed E-state index contributed by atoms with van der Waals surface area (Å²) < 4.78 is 21.4. The molecule has 158 valence electrons. The van der Waals surface area contributed by atoms with Gasteiger partial charge in [-0.3, -0.25) is 9.11 Å². The number of aromatic nitrogens is 1. The van der Waals surface area contributed by atoms with E-state index in [0.717, 1.165) is 41.1 Å². The second-order valence-electron chi connectivity index (χ2n) is 8.27. The topological polar surface area (TPSA) is 80.7 Å². The lowest BCUT2D eigenvalue weighted by molar-refractivity contribution is 0.387. The number of hydrogen-bond acceptors (Lipinski definition) is 6. The third kappa shape index (κ3) is 3.74. The largest absolute Gasteiger partial charge is 0.383 e. The predicted octanol–water partition coefficient (Wildman–Crippen LogP) is 4.45. The molecule has 6 nitrogen and oxygen atoms in total.